The molecule has 0 radical (unpaired) electrons. The maximum Gasteiger partial charge on any atom is 0.134 e. The summed E-state index contributed by atoms with van der Waals surface area (Å²) < 4.78 is 0. The van der Waals surface area contributed by atoms with Crippen LogP contribution in [-0.2, 0) is 6.42 Å². The molecule has 0 bridgehead atoms. The van der Waals surface area contributed by atoms with Crippen molar-refractivity contribution in [2.45, 2.75) is 26.2 Å². The van der Waals surface area contributed by atoms with Crippen molar-refractivity contribution < 1.29 is 10.2 Å². The number of benzene rings is 2. The topological polar surface area (TPSA) is 65.4 Å². The smallest absolute Gasteiger partial charge is 0.134 e. The molecule has 4 rings (SSSR count). The lowest BCUT2D eigenvalue weighted by Crippen LogP contribution is -2.08. The van der Waals surface area contributed by atoms with E-state index >= 15 is 0 Å². The maximum absolute atomic E-state index is 9.69. The van der Waals surface area contributed by atoms with Gasteiger partial charge < -0.3 is 15.5 Å². The van der Waals surface area contributed by atoms with E-state index in [1.165, 1.54) is 18.4 Å². The van der Waals surface area contributed by atoms with Gasteiger partial charge in [0.05, 0.1) is 0 Å². The molecule has 2 aromatic carbocycles. The van der Waals surface area contributed by atoms with E-state index in [1.54, 1.807) is 24.3 Å². The molecule has 138 valence electrons. The summed E-state index contributed by atoms with van der Waals surface area (Å²) in [6.45, 7) is 3.09. The van der Waals surface area contributed by atoms with Crippen molar-refractivity contribution in [2.75, 3.05) is 11.9 Å². The summed E-state index contributed by atoms with van der Waals surface area (Å²) in [6, 6.07) is 14.6. The molecule has 1 aliphatic rings. The summed E-state index contributed by atoms with van der Waals surface area (Å²) in [5.74, 6) is 2.16. The molecule has 27 heavy (non-hydrogen) atoms. The lowest BCUT2D eigenvalue weighted by molar-refractivity contribution is 0.475. The zero-order valence-electron chi connectivity index (χ0n) is 15.4. The molecule has 4 heteroatoms. The van der Waals surface area contributed by atoms with Crippen LogP contribution in [0.4, 0.5) is 5.82 Å². The molecule has 1 fully saturated rings. The number of pyridine rings is 1. The van der Waals surface area contributed by atoms with Gasteiger partial charge in [-0.05, 0) is 66.1 Å². The number of aromatic hydroxyl groups is 2. The first-order valence-electron chi connectivity index (χ1n) is 9.50. The minimum absolute atomic E-state index is 0.256. The minimum atomic E-state index is 0.256. The van der Waals surface area contributed by atoms with Crippen molar-refractivity contribution in [3.8, 4) is 33.8 Å². The number of nitrogens with one attached hydrogen (secondary N) is 1. The average molecular weight is 360 g/mol. The summed E-state index contributed by atoms with van der Waals surface area (Å²) >= 11 is 0. The number of nitrogens with zero attached hydrogens (tertiary/aromatic N) is 1. The predicted octanol–water partition coefficient (Wildman–Crippen LogP) is 5.21. The fourth-order valence-corrected chi connectivity index (χ4v) is 3.44. The lowest BCUT2D eigenvalue weighted by Gasteiger charge is -2.19. The van der Waals surface area contributed by atoms with Crippen LogP contribution in [0.1, 0.15) is 25.3 Å². The van der Waals surface area contributed by atoms with E-state index in [0.29, 0.717) is 0 Å². The van der Waals surface area contributed by atoms with Crippen LogP contribution in [0.15, 0.2) is 54.7 Å². The van der Waals surface area contributed by atoms with Crippen LogP contribution in [0.5, 0.6) is 11.5 Å². The van der Waals surface area contributed by atoms with E-state index in [0.717, 1.165) is 47.0 Å². The quantitative estimate of drug-likeness (QED) is 0.564. The van der Waals surface area contributed by atoms with Gasteiger partial charge >= 0.3 is 0 Å². The Balaban J connectivity index is 1.85. The van der Waals surface area contributed by atoms with Crippen molar-refractivity contribution in [1.29, 1.82) is 0 Å². The number of phenolic OH excluding ortho intramolecular Hbond substituents is 2. The highest BCUT2D eigenvalue weighted by Gasteiger charge is 2.23. The highest BCUT2D eigenvalue weighted by molar-refractivity contribution is 5.85. The molecular formula is C23H24N2O2. The summed E-state index contributed by atoms with van der Waals surface area (Å²) in [5, 5.41) is 22.8. The van der Waals surface area contributed by atoms with E-state index in [-0.39, 0.29) is 11.5 Å². The van der Waals surface area contributed by atoms with Gasteiger partial charge in [0.1, 0.15) is 17.3 Å². The summed E-state index contributed by atoms with van der Waals surface area (Å²) in [5.41, 5.74) is 5.43. The van der Waals surface area contributed by atoms with Gasteiger partial charge in [-0.1, -0.05) is 31.2 Å². The molecule has 4 nitrogen and oxygen atoms in total. The van der Waals surface area contributed by atoms with Gasteiger partial charge in [0.15, 0.2) is 0 Å². The highest BCUT2D eigenvalue weighted by atomic mass is 16.3. The standard InChI is InChI=1S/C23H24N2O2/c1-2-20-21(16-5-9-18(26)10-6-16)14-25-23(24-13-15-3-4-15)22(20)17-7-11-19(27)12-8-17/h5-12,14-15,26-27H,2-4,13H2,1H3,(H,24,25). The molecule has 1 saturated carbocycles. The van der Waals surface area contributed by atoms with Crippen LogP contribution in [-0.4, -0.2) is 21.7 Å². The zero-order valence-corrected chi connectivity index (χ0v) is 15.4. The molecule has 0 aliphatic heterocycles. The SMILES string of the molecule is CCc1c(-c2ccc(O)cc2)cnc(NCC2CC2)c1-c1ccc(O)cc1. The Kier molecular flexibility index (Phi) is 4.71. The van der Waals surface area contributed by atoms with E-state index in [9.17, 15) is 10.2 Å². The molecule has 3 N–H and O–H groups in total. The molecule has 0 saturated heterocycles. The number of hydrogen-bond donors (Lipinski definition) is 3. The van der Waals surface area contributed by atoms with Gasteiger partial charge in [0, 0.05) is 23.9 Å². The zero-order chi connectivity index (χ0) is 18.8. The van der Waals surface area contributed by atoms with Crippen molar-refractivity contribution in [1.82, 2.24) is 4.98 Å². The van der Waals surface area contributed by atoms with Gasteiger partial charge in [0.2, 0.25) is 0 Å². The van der Waals surface area contributed by atoms with Gasteiger partial charge in [-0.25, -0.2) is 4.98 Å². The van der Waals surface area contributed by atoms with Crippen LogP contribution in [0.2, 0.25) is 0 Å². The second-order valence-corrected chi connectivity index (χ2v) is 7.15. The Bertz CT molecular complexity index is 930. The van der Waals surface area contributed by atoms with Gasteiger partial charge in [0.25, 0.3) is 0 Å². The second kappa shape index (κ2) is 7.31. The fraction of sp³-hybridized carbons (Fsp3) is 0.261. The summed E-state index contributed by atoms with van der Waals surface area (Å²) in [4.78, 5) is 4.75. The molecule has 1 aromatic heterocycles. The molecular weight excluding hydrogens is 336 g/mol. The Morgan fingerprint density at radius 2 is 1.52 bits per heavy atom. The average Bonchev–Trinajstić information content (AvgIpc) is 3.51. The Labute approximate surface area is 159 Å². The first kappa shape index (κ1) is 17.4. The number of hydrogen-bond acceptors (Lipinski definition) is 4. The van der Waals surface area contributed by atoms with Crippen molar-refractivity contribution in [3.05, 3.63) is 60.3 Å². The van der Waals surface area contributed by atoms with E-state index in [1.807, 2.05) is 30.5 Å². The number of rotatable bonds is 6. The number of anilines is 1. The van der Waals surface area contributed by atoms with Crippen LogP contribution in [0.3, 0.4) is 0 Å². The molecule has 0 unspecified atom stereocenters. The Morgan fingerprint density at radius 1 is 0.926 bits per heavy atom. The van der Waals surface area contributed by atoms with Crippen molar-refractivity contribution >= 4 is 5.82 Å². The maximum atomic E-state index is 9.69. The third kappa shape index (κ3) is 3.75. The first-order chi connectivity index (χ1) is 13.2. The highest BCUT2D eigenvalue weighted by Crippen LogP contribution is 2.38. The lowest BCUT2D eigenvalue weighted by atomic mass is 9.91. The minimum Gasteiger partial charge on any atom is -0.508 e. The molecule has 3 aromatic rings. The van der Waals surface area contributed by atoms with Gasteiger partial charge in [-0.2, -0.15) is 0 Å². The monoisotopic (exact) mass is 360 g/mol. The predicted molar refractivity (Wildman–Crippen MR) is 109 cm³/mol. The van der Waals surface area contributed by atoms with E-state index < -0.39 is 0 Å². The van der Waals surface area contributed by atoms with Crippen molar-refractivity contribution in [3.63, 3.8) is 0 Å². The number of aromatic nitrogens is 1. The number of phenols is 2. The Hall–Kier alpha value is -3.01. The normalized spacial score (nSPS) is 13.5. The third-order valence-corrected chi connectivity index (χ3v) is 5.13. The molecule has 0 atom stereocenters. The molecule has 0 amide bonds. The van der Waals surface area contributed by atoms with Crippen LogP contribution in [0.25, 0.3) is 22.3 Å². The fourth-order valence-electron chi connectivity index (χ4n) is 3.44. The van der Waals surface area contributed by atoms with Crippen LogP contribution < -0.4 is 5.32 Å². The second-order valence-electron chi connectivity index (χ2n) is 7.15. The third-order valence-electron chi connectivity index (χ3n) is 5.13. The molecule has 1 aliphatic carbocycles. The summed E-state index contributed by atoms with van der Waals surface area (Å²) in [6.07, 6.45) is 5.35. The first-order valence-corrected chi connectivity index (χ1v) is 9.50. The van der Waals surface area contributed by atoms with Crippen LogP contribution >= 0.6 is 0 Å². The van der Waals surface area contributed by atoms with E-state index in [4.69, 9.17) is 4.98 Å². The molecule has 1 heterocycles. The Morgan fingerprint density at radius 3 is 2.07 bits per heavy atom. The van der Waals surface area contributed by atoms with Crippen LogP contribution in [0, 0.1) is 5.92 Å². The molecule has 0 spiro atoms. The van der Waals surface area contributed by atoms with Crippen molar-refractivity contribution in [2.24, 2.45) is 5.92 Å². The summed E-state index contributed by atoms with van der Waals surface area (Å²) in [7, 11) is 0. The largest absolute Gasteiger partial charge is 0.508 e. The van der Waals surface area contributed by atoms with Gasteiger partial charge in [-0.3, -0.25) is 0 Å². The van der Waals surface area contributed by atoms with E-state index in [2.05, 4.69) is 12.2 Å². The van der Waals surface area contributed by atoms with Gasteiger partial charge in [-0.15, -0.1) is 0 Å².